The minimum Gasteiger partial charge on any atom is -0.497 e. The van der Waals surface area contributed by atoms with Gasteiger partial charge in [0.05, 0.1) is 19.1 Å². The van der Waals surface area contributed by atoms with Gasteiger partial charge in [0.2, 0.25) is 5.91 Å². The summed E-state index contributed by atoms with van der Waals surface area (Å²) in [6.45, 7) is 0. The molecule has 1 N–H and O–H groups in total. The summed E-state index contributed by atoms with van der Waals surface area (Å²) in [5, 5.41) is 2.68. The van der Waals surface area contributed by atoms with Gasteiger partial charge in [-0.3, -0.25) is 14.5 Å². The number of carbonyl (C=O) groups excluding carboxylic acids is 2. The summed E-state index contributed by atoms with van der Waals surface area (Å²) in [5.41, 5.74) is 2.48. The van der Waals surface area contributed by atoms with Gasteiger partial charge < -0.3 is 14.5 Å². The van der Waals surface area contributed by atoms with E-state index < -0.39 is 0 Å². The normalized spacial score (nSPS) is 16.2. The summed E-state index contributed by atoms with van der Waals surface area (Å²) in [4.78, 5) is 26.3. The molecule has 1 aromatic heterocycles. The van der Waals surface area contributed by atoms with E-state index in [-0.39, 0.29) is 22.9 Å². The predicted molar refractivity (Wildman–Crippen MR) is 109 cm³/mol. The fourth-order valence-corrected chi connectivity index (χ4v) is 4.20. The lowest BCUT2D eigenvalue weighted by Gasteiger charge is -2.24. The first-order valence-corrected chi connectivity index (χ1v) is 9.73. The molecule has 1 aliphatic rings. The lowest BCUT2D eigenvalue weighted by molar-refractivity contribution is -0.115. The van der Waals surface area contributed by atoms with E-state index in [1.54, 1.807) is 35.9 Å². The largest absolute Gasteiger partial charge is 0.497 e. The molecule has 28 heavy (non-hydrogen) atoms. The highest BCUT2D eigenvalue weighted by molar-refractivity contribution is 8.00. The third kappa shape index (κ3) is 3.61. The van der Waals surface area contributed by atoms with E-state index in [0.29, 0.717) is 11.4 Å². The van der Waals surface area contributed by atoms with Crippen LogP contribution in [0.5, 0.6) is 5.75 Å². The lowest BCUT2D eigenvalue weighted by atomic mass is 10.1. The van der Waals surface area contributed by atoms with Gasteiger partial charge in [0.1, 0.15) is 11.1 Å². The Kier molecular flexibility index (Phi) is 5.08. The zero-order valence-electron chi connectivity index (χ0n) is 15.1. The van der Waals surface area contributed by atoms with Crippen LogP contribution in [0.25, 0.3) is 0 Å². The molecule has 6 nitrogen and oxygen atoms in total. The molecular weight excluding hydrogens is 376 g/mol. The highest BCUT2D eigenvalue weighted by atomic mass is 32.2. The SMILES string of the molecule is COc1ccc(N2C(=O)CSC2c2ccc(NC(=O)c3ccco3)cc2)cc1. The maximum Gasteiger partial charge on any atom is 0.291 e. The van der Waals surface area contributed by atoms with Crippen molar-refractivity contribution in [3.63, 3.8) is 0 Å². The average molecular weight is 394 g/mol. The molecule has 2 aromatic carbocycles. The van der Waals surface area contributed by atoms with Crippen molar-refractivity contribution in [3.8, 4) is 5.75 Å². The van der Waals surface area contributed by atoms with Crippen molar-refractivity contribution in [1.82, 2.24) is 0 Å². The van der Waals surface area contributed by atoms with Crippen LogP contribution in [0.2, 0.25) is 0 Å². The number of furan rings is 1. The topological polar surface area (TPSA) is 71.8 Å². The van der Waals surface area contributed by atoms with E-state index in [2.05, 4.69) is 5.32 Å². The summed E-state index contributed by atoms with van der Waals surface area (Å²) in [7, 11) is 1.61. The third-order valence-electron chi connectivity index (χ3n) is 4.42. The number of nitrogens with zero attached hydrogens (tertiary/aromatic N) is 1. The zero-order chi connectivity index (χ0) is 19.5. The van der Waals surface area contributed by atoms with Gasteiger partial charge in [0, 0.05) is 11.4 Å². The van der Waals surface area contributed by atoms with Crippen LogP contribution in [0.15, 0.2) is 71.3 Å². The molecule has 1 atom stereocenters. The van der Waals surface area contributed by atoms with Gasteiger partial charge in [0.15, 0.2) is 5.76 Å². The standard InChI is InChI=1S/C21H18N2O4S/c1-26-17-10-8-16(9-11-17)23-19(24)13-28-21(23)14-4-6-15(7-5-14)22-20(25)18-3-2-12-27-18/h2-12,21H,13H2,1H3,(H,22,25). The molecule has 3 aromatic rings. The van der Waals surface area contributed by atoms with Crippen LogP contribution in [-0.4, -0.2) is 24.7 Å². The number of benzene rings is 2. The molecule has 142 valence electrons. The summed E-state index contributed by atoms with van der Waals surface area (Å²) in [5.74, 6) is 1.19. The smallest absolute Gasteiger partial charge is 0.291 e. The molecule has 1 saturated heterocycles. The molecule has 4 rings (SSSR count). The number of nitrogens with one attached hydrogen (secondary N) is 1. The molecular formula is C21H18N2O4S. The second-order valence-electron chi connectivity index (χ2n) is 6.18. The van der Waals surface area contributed by atoms with Crippen LogP contribution in [0.4, 0.5) is 11.4 Å². The maximum absolute atomic E-state index is 12.5. The Hall–Kier alpha value is -3.19. The highest BCUT2D eigenvalue weighted by Gasteiger charge is 2.34. The number of carbonyl (C=O) groups is 2. The minimum atomic E-state index is -0.303. The Morgan fingerprint density at radius 1 is 1.14 bits per heavy atom. The van der Waals surface area contributed by atoms with E-state index in [0.717, 1.165) is 17.0 Å². The van der Waals surface area contributed by atoms with Crippen molar-refractivity contribution in [1.29, 1.82) is 0 Å². The average Bonchev–Trinajstić information content (AvgIpc) is 3.39. The van der Waals surface area contributed by atoms with Gasteiger partial charge in [-0.1, -0.05) is 12.1 Å². The monoisotopic (exact) mass is 394 g/mol. The third-order valence-corrected chi connectivity index (χ3v) is 5.63. The fraction of sp³-hybridized carbons (Fsp3) is 0.143. The summed E-state index contributed by atoms with van der Waals surface area (Å²) < 4.78 is 10.3. The first-order valence-electron chi connectivity index (χ1n) is 8.68. The van der Waals surface area contributed by atoms with Crippen molar-refractivity contribution in [3.05, 3.63) is 78.3 Å². The number of ether oxygens (including phenoxy) is 1. The predicted octanol–water partition coefficient (Wildman–Crippen LogP) is 4.32. The van der Waals surface area contributed by atoms with Gasteiger partial charge in [-0.2, -0.15) is 0 Å². The molecule has 1 fully saturated rings. The molecule has 1 unspecified atom stereocenters. The molecule has 1 aliphatic heterocycles. The number of anilines is 2. The number of methoxy groups -OCH3 is 1. The van der Waals surface area contributed by atoms with Crippen LogP contribution in [0.3, 0.4) is 0 Å². The number of thioether (sulfide) groups is 1. The second-order valence-corrected chi connectivity index (χ2v) is 7.25. The van der Waals surface area contributed by atoms with Crippen LogP contribution in [-0.2, 0) is 4.79 Å². The van der Waals surface area contributed by atoms with Gasteiger partial charge in [-0.25, -0.2) is 0 Å². The van der Waals surface area contributed by atoms with Crippen LogP contribution in [0.1, 0.15) is 21.5 Å². The zero-order valence-corrected chi connectivity index (χ0v) is 15.9. The second kappa shape index (κ2) is 7.82. The molecule has 2 heterocycles. The van der Waals surface area contributed by atoms with Gasteiger partial charge in [0.25, 0.3) is 5.91 Å². The quantitative estimate of drug-likeness (QED) is 0.698. The Morgan fingerprint density at radius 3 is 2.54 bits per heavy atom. The number of hydrogen-bond acceptors (Lipinski definition) is 5. The summed E-state index contributed by atoms with van der Waals surface area (Å²) in [6.07, 6.45) is 1.46. The Bertz CT molecular complexity index is 969. The molecule has 0 aliphatic carbocycles. The fourth-order valence-electron chi connectivity index (χ4n) is 3.02. The van der Waals surface area contributed by atoms with Gasteiger partial charge in [-0.15, -0.1) is 11.8 Å². The summed E-state index contributed by atoms with van der Waals surface area (Å²) >= 11 is 1.58. The van der Waals surface area contributed by atoms with Crippen LogP contribution in [0, 0.1) is 0 Å². The highest BCUT2D eigenvalue weighted by Crippen LogP contribution is 2.42. The molecule has 0 bridgehead atoms. The maximum atomic E-state index is 12.5. The van der Waals surface area contributed by atoms with E-state index in [1.165, 1.54) is 6.26 Å². The first-order chi connectivity index (χ1) is 13.7. The first kappa shape index (κ1) is 18.2. The van der Waals surface area contributed by atoms with E-state index in [9.17, 15) is 9.59 Å². The van der Waals surface area contributed by atoms with Crippen molar-refractivity contribution in [2.45, 2.75) is 5.37 Å². The van der Waals surface area contributed by atoms with Crippen molar-refractivity contribution in [2.24, 2.45) is 0 Å². The molecule has 0 spiro atoms. The molecule has 0 saturated carbocycles. The van der Waals surface area contributed by atoms with Crippen LogP contribution < -0.4 is 15.0 Å². The Labute approximate surface area is 166 Å². The number of rotatable bonds is 5. The number of amides is 2. The van der Waals surface area contributed by atoms with Gasteiger partial charge in [-0.05, 0) is 54.1 Å². The molecule has 2 amide bonds. The van der Waals surface area contributed by atoms with E-state index in [1.807, 2.05) is 48.5 Å². The molecule has 7 heteroatoms. The Balaban J connectivity index is 1.52. The van der Waals surface area contributed by atoms with Crippen molar-refractivity contribution < 1.29 is 18.7 Å². The van der Waals surface area contributed by atoms with Gasteiger partial charge >= 0.3 is 0 Å². The number of hydrogen-bond donors (Lipinski definition) is 1. The van der Waals surface area contributed by atoms with Crippen LogP contribution >= 0.6 is 11.8 Å². The summed E-state index contributed by atoms with van der Waals surface area (Å²) in [6, 6.07) is 18.2. The van der Waals surface area contributed by atoms with E-state index >= 15 is 0 Å². The molecule has 0 radical (unpaired) electrons. The van der Waals surface area contributed by atoms with E-state index in [4.69, 9.17) is 9.15 Å². The Morgan fingerprint density at radius 2 is 1.89 bits per heavy atom. The van der Waals surface area contributed by atoms with Crippen molar-refractivity contribution in [2.75, 3.05) is 23.1 Å². The lowest BCUT2D eigenvalue weighted by Crippen LogP contribution is -2.27. The van der Waals surface area contributed by atoms with Crippen molar-refractivity contribution >= 4 is 35.0 Å². The minimum absolute atomic E-state index is 0.0652.